The van der Waals surface area contributed by atoms with Crippen molar-refractivity contribution in [2.24, 2.45) is 5.73 Å². The number of aryl methyl sites for hydroxylation is 2. The first-order chi connectivity index (χ1) is 8.72. The number of morpholine rings is 1. The monoisotopic (exact) mass is 248 g/mol. The molecule has 0 amide bonds. The molecule has 18 heavy (non-hydrogen) atoms. The van der Waals surface area contributed by atoms with Crippen molar-refractivity contribution in [2.45, 2.75) is 26.7 Å². The van der Waals surface area contributed by atoms with Crippen molar-refractivity contribution in [1.29, 1.82) is 0 Å². The summed E-state index contributed by atoms with van der Waals surface area (Å²) in [6, 6.07) is 4.62. The lowest BCUT2D eigenvalue weighted by Gasteiger charge is -2.30. The molecule has 1 aromatic carbocycles. The highest BCUT2D eigenvalue weighted by atomic mass is 16.5. The molecule has 0 aromatic heterocycles. The van der Waals surface area contributed by atoms with Gasteiger partial charge in [-0.2, -0.15) is 0 Å². The molecule has 0 radical (unpaired) electrons. The van der Waals surface area contributed by atoms with Crippen molar-refractivity contribution in [3.63, 3.8) is 0 Å². The van der Waals surface area contributed by atoms with E-state index in [1.165, 1.54) is 22.4 Å². The summed E-state index contributed by atoms with van der Waals surface area (Å²) in [6.07, 6.45) is 2.16. The fraction of sp³-hybridized carbons (Fsp3) is 0.600. The Hall–Kier alpha value is -1.06. The Bertz CT molecular complexity index is 374. The van der Waals surface area contributed by atoms with Crippen molar-refractivity contribution in [3.05, 3.63) is 28.8 Å². The molecule has 0 unspecified atom stereocenters. The summed E-state index contributed by atoms with van der Waals surface area (Å²) in [5.41, 5.74) is 11.2. The van der Waals surface area contributed by atoms with Gasteiger partial charge < -0.3 is 15.4 Å². The molecule has 1 saturated heterocycles. The summed E-state index contributed by atoms with van der Waals surface area (Å²) >= 11 is 0. The van der Waals surface area contributed by atoms with Crippen molar-refractivity contribution >= 4 is 5.69 Å². The second-order valence-electron chi connectivity index (χ2n) is 5.05. The van der Waals surface area contributed by atoms with E-state index in [9.17, 15) is 0 Å². The third kappa shape index (κ3) is 3.03. The van der Waals surface area contributed by atoms with E-state index in [0.717, 1.165) is 45.7 Å². The highest BCUT2D eigenvalue weighted by Gasteiger charge is 2.13. The maximum Gasteiger partial charge on any atom is 0.0642 e. The first-order valence-electron chi connectivity index (χ1n) is 6.85. The Morgan fingerprint density at radius 1 is 1.17 bits per heavy atom. The van der Waals surface area contributed by atoms with Gasteiger partial charge in [-0.25, -0.2) is 0 Å². The van der Waals surface area contributed by atoms with Crippen molar-refractivity contribution < 1.29 is 4.74 Å². The van der Waals surface area contributed by atoms with E-state index in [2.05, 4.69) is 30.9 Å². The minimum Gasteiger partial charge on any atom is -0.378 e. The zero-order valence-electron chi connectivity index (χ0n) is 11.5. The smallest absolute Gasteiger partial charge is 0.0642 e. The molecule has 2 rings (SSSR count). The standard InChI is InChI=1S/C15H24N2O/c1-12-10-14(17-6-8-18-9-7-17)11-13(2)15(12)4-3-5-16/h10-11H,3-9,16H2,1-2H3. The molecular weight excluding hydrogens is 224 g/mol. The SMILES string of the molecule is Cc1cc(N2CCOCC2)cc(C)c1CCCN. The van der Waals surface area contributed by atoms with Crippen LogP contribution in [0.2, 0.25) is 0 Å². The van der Waals surface area contributed by atoms with Gasteiger partial charge in [0.1, 0.15) is 0 Å². The van der Waals surface area contributed by atoms with Crippen LogP contribution in [-0.4, -0.2) is 32.8 Å². The molecule has 0 aliphatic carbocycles. The maximum absolute atomic E-state index is 5.60. The van der Waals surface area contributed by atoms with Crippen LogP contribution in [-0.2, 0) is 11.2 Å². The number of anilines is 1. The first-order valence-corrected chi connectivity index (χ1v) is 6.85. The van der Waals surface area contributed by atoms with E-state index in [4.69, 9.17) is 10.5 Å². The number of benzene rings is 1. The molecule has 0 bridgehead atoms. The summed E-state index contributed by atoms with van der Waals surface area (Å²) in [5.74, 6) is 0. The van der Waals surface area contributed by atoms with Crippen LogP contribution in [0.25, 0.3) is 0 Å². The third-order valence-corrected chi connectivity index (χ3v) is 3.69. The Morgan fingerprint density at radius 3 is 2.33 bits per heavy atom. The van der Waals surface area contributed by atoms with Crippen molar-refractivity contribution in [1.82, 2.24) is 0 Å². The van der Waals surface area contributed by atoms with E-state index >= 15 is 0 Å². The molecule has 3 heteroatoms. The minimum absolute atomic E-state index is 0.768. The second-order valence-corrected chi connectivity index (χ2v) is 5.05. The lowest BCUT2D eigenvalue weighted by atomic mass is 9.97. The molecule has 0 saturated carbocycles. The number of nitrogens with two attached hydrogens (primary N) is 1. The number of nitrogens with zero attached hydrogens (tertiary/aromatic N) is 1. The topological polar surface area (TPSA) is 38.5 Å². The van der Waals surface area contributed by atoms with E-state index in [0.29, 0.717) is 0 Å². The zero-order chi connectivity index (χ0) is 13.0. The van der Waals surface area contributed by atoms with Crippen LogP contribution in [0.15, 0.2) is 12.1 Å². The van der Waals surface area contributed by atoms with Gasteiger partial charge in [0.15, 0.2) is 0 Å². The average Bonchev–Trinajstić information content (AvgIpc) is 2.39. The normalized spacial score (nSPS) is 16.1. The molecule has 100 valence electrons. The predicted molar refractivity (Wildman–Crippen MR) is 76.3 cm³/mol. The van der Waals surface area contributed by atoms with Crippen LogP contribution >= 0.6 is 0 Å². The Balaban J connectivity index is 2.18. The molecule has 1 aromatic rings. The molecule has 1 heterocycles. The number of rotatable bonds is 4. The fourth-order valence-corrected chi connectivity index (χ4v) is 2.65. The van der Waals surface area contributed by atoms with Gasteiger partial charge in [-0.3, -0.25) is 0 Å². The molecule has 1 fully saturated rings. The van der Waals surface area contributed by atoms with Gasteiger partial charge in [0.05, 0.1) is 13.2 Å². The molecule has 0 spiro atoms. The van der Waals surface area contributed by atoms with Crippen LogP contribution in [0.3, 0.4) is 0 Å². The molecule has 1 aliphatic rings. The average molecular weight is 248 g/mol. The molecule has 3 nitrogen and oxygen atoms in total. The van der Waals surface area contributed by atoms with E-state index in [1.54, 1.807) is 0 Å². The van der Waals surface area contributed by atoms with E-state index in [1.807, 2.05) is 0 Å². The van der Waals surface area contributed by atoms with Gasteiger partial charge in [-0.1, -0.05) is 0 Å². The number of hydrogen-bond donors (Lipinski definition) is 1. The minimum atomic E-state index is 0.768. The quantitative estimate of drug-likeness (QED) is 0.886. The number of ether oxygens (including phenoxy) is 1. The first kappa shape index (κ1) is 13.4. The van der Waals surface area contributed by atoms with Gasteiger partial charge >= 0.3 is 0 Å². The van der Waals surface area contributed by atoms with Crippen LogP contribution in [0.1, 0.15) is 23.1 Å². The zero-order valence-corrected chi connectivity index (χ0v) is 11.5. The summed E-state index contributed by atoms with van der Waals surface area (Å²) in [5, 5.41) is 0. The summed E-state index contributed by atoms with van der Waals surface area (Å²) in [7, 11) is 0. The van der Waals surface area contributed by atoms with Crippen LogP contribution in [0, 0.1) is 13.8 Å². The van der Waals surface area contributed by atoms with Gasteiger partial charge in [0.2, 0.25) is 0 Å². The highest BCUT2D eigenvalue weighted by molar-refractivity contribution is 5.54. The highest BCUT2D eigenvalue weighted by Crippen LogP contribution is 2.24. The van der Waals surface area contributed by atoms with Gasteiger partial charge in [0, 0.05) is 18.8 Å². The predicted octanol–water partition coefficient (Wildman–Crippen LogP) is 2.03. The largest absolute Gasteiger partial charge is 0.378 e. The maximum atomic E-state index is 5.60. The lowest BCUT2D eigenvalue weighted by molar-refractivity contribution is 0.122. The van der Waals surface area contributed by atoms with Gasteiger partial charge in [-0.15, -0.1) is 0 Å². The van der Waals surface area contributed by atoms with Crippen molar-refractivity contribution in [2.75, 3.05) is 37.7 Å². The molecule has 1 aliphatic heterocycles. The Morgan fingerprint density at radius 2 is 1.78 bits per heavy atom. The lowest BCUT2D eigenvalue weighted by Crippen LogP contribution is -2.36. The van der Waals surface area contributed by atoms with E-state index in [-0.39, 0.29) is 0 Å². The Labute approximate surface area is 110 Å². The summed E-state index contributed by atoms with van der Waals surface area (Å²) in [4.78, 5) is 2.41. The summed E-state index contributed by atoms with van der Waals surface area (Å²) < 4.78 is 5.40. The molecular formula is C15H24N2O. The van der Waals surface area contributed by atoms with Gasteiger partial charge in [0.25, 0.3) is 0 Å². The second kappa shape index (κ2) is 6.21. The third-order valence-electron chi connectivity index (χ3n) is 3.69. The number of hydrogen-bond acceptors (Lipinski definition) is 3. The van der Waals surface area contributed by atoms with Crippen LogP contribution in [0.5, 0.6) is 0 Å². The van der Waals surface area contributed by atoms with Crippen LogP contribution in [0.4, 0.5) is 5.69 Å². The van der Waals surface area contributed by atoms with E-state index < -0.39 is 0 Å². The van der Waals surface area contributed by atoms with Gasteiger partial charge in [-0.05, 0) is 62.1 Å². The van der Waals surface area contributed by atoms with Crippen LogP contribution < -0.4 is 10.6 Å². The molecule has 0 atom stereocenters. The van der Waals surface area contributed by atoms with Crippen molar-refractivity contribution in [3.8, 4) is 0 Å². The fourth-order valence-electron chi connectivity index (χ4n) is 2.65. The Kier molecular flexibility index (Phi) is 4.61. The molecule has 2 N–H and O–H groups in total. The summed E-state index contributed by atoms with van der Waals surface area (Å²) in [6.45, 7) is 8.87.